The average molecular weight is 508 g/mol. The summed E-state index contributed by atoms with van der Waals surface area (Å²) in [4.78, 5) is 44.9. The highest BCUT2D eigenvalue weighted by molar-refractivity contribution is 7.10. The average Bonchev–Trinajstić information content (AvgIpc) is 3.44. The van der Waals surface area contributed by atoms with Gasteiger partial charge in [0, 0.05) is 62.8 Å². The molecule has 2 saturated heterocycles. The van der Waals surface area contributed by atoms with Gasteiger partial charge in [-0.25, -0.2) is 19.7 Å². The molecule has 0 spiro atoms. The molecule has 11 heteroatoms. The smallest absolute Gasteiger partial charge is 0.320 e. The molecule has 0 radical (unpaired) electrons. The van der Waals surface area contributed by atoms with Gasteiger partial charge in [-0.15, -0.1) is 11.3 Å². The number of ether oxygens (including phenoxy) is 1. The first-order valence-electron chi connectivity index (χ1n) is 12.1. The standard InChI is InChI=1S/C25H29N7O3S/c1-35-22-6-5-19(16-27-22)28-23(33)20-17-36-24(29-20)18-7-10-31(11-8-18)25(34)32-14-12-30(13-15-32)21-4-2-3-9-26-21/h2-6,9,16-18H,7-8,10-15H2,1H3,(H,28,33). The van der Waals surface area contributed by atoms with Gasteiger partial charge in [-0.1, -0.05) is 6.07 Å². The molecule has 36 heavy (non-hydrogen) atoms. The van der Waals surface area contributed by atoms with Crippen LogP contribution in [0.4, 0.5) is 16.3 Å². The Morgan fingerprint density at radius 1 is 1.00 bits per heavy atom. The van der Waals surface area contributed by atoms with Crippen LogP contribution in [0.3, 0.4) is 0 Å². The third kappa shape index (κ3) is 5.40. The first-order valence-corrected chi connectivity index (χ1v) is 13.0. The number of rotatable bonds is 5. The molecule has 10 nitrogen and oxygen atoms in total. The second-order valence-corrected chi connectivity index (χ2v) is 9.71. The van der Waals surface area contributed by atoms with E-state index in [1.54, 1.807) is 37.0 Å². The van der Waals surface area contributed by atoms with Crippen LogP contribution in [0.25, 0.3) is 0 Å². The van der Waals surface area contributed by atoms with E-state index in [0.29, 0.717) is 43.4 Å². The summed E-state index contributed by atoms with van der Waals surface area (Å²) in [5, 5.41) is 5.56. The number of aromatic nitrogens is 3. The minimum atomic E-state index is -0.262. The van der Waals surface area contributed by atoms with Gasteiger partial charge in [0.25, 0.3) is 5.91 Å². The van der Waals surface area contributed by atoms with Gasteiger partial charge >= 0.3 is 6.03 Å². The molecule has 3 aromatic rings. The zero-order chi connectivity index (χ0) is 24.9. The van der Waals surface area contributed by atoms with Gasteiger partial charge < -0.3 is 24.8 Å². The monoisotopic (exact) mass is 507 g/mol. The van der Waals surface area contributed by atoms with E-state index in [1.807, 2.05) is 28.0 Å². The number of urea groups is 1. The molecule has 1 N–H and O–H groups in total. The number of nitrogens with zero attached hydrogens (tertiary/aromatic N) is 6. The zero-order valence-corrected chi connectivity index (χ0v) is 21.0. The summed E-state index contributed by atoms with van der Waals surface area (Å²) in [5.41, 5.74) is 0.984. The van der Waals surface area contributed by atoms with Crippen LogP contribution >= 0.6 is 11.3 Å². The maximum Gasteiger partial charge on any atom is 0.320 e. The lowest BCUT2D eigenvalue weighted by molar-refractivity contribution is 0.102. The van der Waals surface area contributed by atoms with E-state index in [1.165, 1.54) is 11.3 Å². The van der Waals surface area contributed by atoms with Gasteiger partial charge in [0.2, 0.25) is 5.88 Å². The fourth-order valence-electron chi connectivity index (χ4n) is 4.53. The number of amides is 3. The quantitative estimate of drug-likeness (QED) is 0.565. The lowest BCUT2D eigenvalue weighted by Gasteiger charge is -2.39. The Bertz CT molecular complexity index is 1170. The minimum absolute atomic E-state index is 0.112. The van der Waals surface area contributed by atoms with Gasteiger partial charge in [0.15, 0.2) is 0 Å². The highest BCUT2D eigenvalue weighted by atomic mass is 32.1. The van der Waals surface area contributed by atoms with Crippen molar-refractivity contribution in [3.8, 4) is 5.88 Å². The number of nitrogens with one attached hydrogen (secondary N) is 1. The van der Waals surface area contributed by atoms with E-state index < -0.39 is 0 Å². The Kier molecular flexibility index (Phi) is 7.26. The van der Waals surface area contributed by atoms with Crippen molar-refractivity contribution >= 4 is 34.8 Å². The lowest BCUT2D eigenvalue weighted by Crippen LogP contribution is -2.54. The Morgan fingerprint density at radius 3 is 2.44 bits per heavy atom. The highest BCUT2D eigenvalue weighted by Crippen LogP contribution is 2.31. The van der Waals surface area contributed by atoms with Crippen molar-refractivity contribution in [1.82, 2.24) is 24.8 Å². The molecular formula is C25H29N7O3S. The minimum Gasteiger partial charge on any atom is -0.481 e. The van der Waals surface area contributed by atoms with E-state index in [9.17, 15) is 9.59 Å². The number of piperazine rings is 1. The molecule has 0 atom stereocenters. The molecule has 0 saturated carbocycles. The molecule has 3 aromatic heterocycles. The molecule has 0 aromatic carbocycles. The zero-order valence-electron chi connectivity index (χ0n) is 20.2. The fraction of sp³-hybridized carbons (Fsp3) is 0.400. The molecule has 3 amide bonds. The van der Waals surface area contributed by atoms with Crippen LogP contribution in [0, 0.1) is 0 Å². The molecule has 2 aliphatic heterocycles. The van der Waals surface area contributed by atoms with E-state index >= 15 is 0 Å². The maximum absolute atomic E-state index is 13.1. The number of hydrogen-bond donors (Lipinski definition) is 1. The maximum atomic E-state index is 13.1. The Balaban J connectivity index is 1.10. The molecule has 0 bridgehead atoms. The van der Waals surface area contributed by atoms with Crippen molar-refractivity contribution in [1.29, 1.82) is 0 Å². The first-order chi connectivity index (χ1) is 17.6. The van der Waals surface area contributed by atoms with Gasteiger partial charge in [-0.05, 0) is 31.0 Å². The molecule has 2 fully saturated rings. The predicted octanol–water partition coefficient (Wildman–Crippen LogP) is 3.32. The predicted molar refractivity (Wildman–Crippen MR) is 138 cm³/mol. The third-order valence-electron chi connectivity index (χ3n) is 6.60. The fourth-order valence-corrected chi connectivity index (χ4v) is 5.51. The highest BCUT2D eigenvalue weighted by Gasteiger charge is 2.30. The van der Waals surface area contributed by atoms with Crippen LogP contribution < -0.4 is 15.0 Å². The van der Waals surface area contributed by atoms with E-state index in [-0.39, 0.29) is 17.9 Å². The SMILES string of the molecule is COc1ccc(NC(=O)c2csc(C3CCN(C(=O)N4CCN(c5ccccn5)CC4)CC3)n2)cn1. The van der Waals surface area contributed by atoms with Crippen LogP contribution in [-0.2, 0) is 0 Å². The number of carbonyl (C=O) groups excluding carboxylic acids is 2. The third-order valence-corrected chi connectivity index (χ3v) is 7.60. The van der Waals surface area contributed by atoms with Crippen molar-refractivity contribution in [2.24, 2.45) is 0 Å². The Hall–Kier alpha value is -3.73. The summed E-state index contributed by atoms with van der Waals surface area (Å²) < 4.78 is 5.04. The summed E-state index contributed by atoms with van der Waals surface area (Å²) in [6.07, 6.45) is 5.04. The first kappa shape index (κ1) is 24.0. The molecule has 0 unspecified atom stereocenters. The molecule has 5 rings (SSSR count). The molecule has 0 aliphatic carbocycles. The lowest BCUT2D eigenvalue weighted by atomic mass is 9.98. The number of anilines is 2. The number of thiazole rings is 1. The molecule has 188 valence electrons. The van der Waals surface area contributed by atoms with Crippen molar-refractivity contribution < 1.29 is 14.3 Å². The topological polar surface area (TPSA) is 104 Å². The number of pyridine rings is 2. The summed E-state index contributed by atoms with van der Waals surface area (Å²) in [6, 6.07) is 9.45. The second-order valence-electron chi connectivity index (χ2n) is 8.82. The van der Waals surface area contributed by atoms with Crippen LogP contribution in [0.2, 0.25) is 0 Å². The van der Waals surface area contributed by atoms with Crippen LogP contribution in [0.1, 0.15) is 34.3 Å². The van der Waals surface area contributed by atoms with Crippen molar-refractivity contribution in [3.63, 3.8) is 0 Å². The molecule has 5 heterocycles. The number of hydrogen-bond acceptors (Lipinski definition) is 8. The Labute approximate surface area is 213 Å². The van der Waals surface area contributed by atoms with E-state index in [2.05, 4.69) is 25.2 Å². The molecule has 2 aliphatic rings. The second kappa shape index (κ2) is 10.9. The number of likely N-dealkylation sites (tertiary alicyclic amines) is 1. The van der Waals surface area contributed by atoms with Crippen molar-refractivity contribution in [2.75, 3.05) is 56.6 Å². The Morgan fingerprint density at radius 2 is 1.78 bits per heavy atom. The summed E-state index contributed by atoms with van der Waals surface area (Å²) in [7, 11) is 1.54. The van der Waals surface area contributed by atoms with E-state index in [0.717, 1.165) is 36.8 Å². The summed E-state index contributed by atoms with van der Waals surface area (Å²) >= 11 is 1.50. The van der Waals surface area contributed by atoms with Gasteiger partial charge in [-0.2, -0.15) is 0 Å². The summed E-state index contributed by atoms with van der Waals surface area (Å²) in [6.45, 7) is 4.37. The van der Waals surface area contributed by atoms with Crippen LogP contribution in [0.5, 0.6) is 5.88 Å². The van der Waals surface area contributed by atoms with Gasteiger partial charge in [0.05, 0.1) is 24.0 Å². The van der Waals surface area contributed by atoms with Gasteiger partial charge in [0.1, 0.15) is 11.5 Å². The van der Waals surface area contributed by atoms with Crippen LogP contribution in [-0.4, -0.2) is 83.1 Å². The number of methoxy groups -OCH3 is 1. The normalized spacial score (nSPS) is 16.6. The number of carbonyl (C=O) groups is 2. The largest absolute Gasteiger partial charge is 0.481 e. The van der Waals surface area contributed by atoms with Crippen LogP contribution in [0.15, 0.2) is 48.1 Å². The number of piperidine rings is 1. The van der Waals surface area contributed by atoms with Crippen molar-refractivity contribution in [2.45, 2.75) is 18.8 Å². The van der Waals surface area contributed by atoms with Gasteiger partial charge in [-0.3, -0.25) is 4.79 Å². The molecular weight excluding hydrogens is 478 g/mol. The summed E-state index contributed by atoms with van der Waals surface area (Å²) in [5.74, 6) is 1.44. The van der Waals surface area contributed by atoms with Crippen molar-refractivity contribution in [3.05, 3.63) is 58.8 Å². The van der Waals surface area contributed by atoms with E-state index in [4.69, 9.17) is 4.74 Å².